The molecule has 0 spiro atoms. The summed E-state index contributed by atoms with van der Waals surface area (Å²) in [6, 6.07) is 4.07. The summed E-state index contributed by atoms with van der Waals surface area (Å²) in [7, 11) is 1.99. The van der Waals surface area contributed by atoms with Gasteiger partial charge in [0.15, 0.2) is 18.2 Å². The Morgan fingerprint density at radius 2 is 1.87 bits per heavy atom. The minimum Gasteiger partial charge on any atom is -0.295 e. The van der Waals surface area contributed by atoms with Crippen molar-refractivity contribution in [3.63, 3.8) is 0 Å². The van der Waals surface area contributed by atoms with E-state index in [4.69, 9.17) is 0 Å². The van der Waals surface area contributed by atoms with Gasteiger partial charge in [-0.2, -0.15) is 0 Å². The number of pyridine rings is 1. The third-order valence-corrected chi connectivity index (χ3v) is 2.80. The van der Waals surface area contributed by atoms with E-state index in [9.17, 15) is 4.79 Å². The van der Waals surface area contributed by atoms with Gasteiger partial charge in [-0.1, -0.05) is 0 Å². The van der Waals surface area contributed by atoms with Crippen molar-refractivity contribution in [2.24, 2.45) is 7.05 Å². The Bertz CT molecular complexity index is 390. The van der Waals surface area contributed by atoms with Crippen LogP contribution in [0.4, 0.5) is 0 Å². The fourth-order valence-electron chi connectivity index (χ4n) is 1.86. The molecule has 1 aromatic rings. The molecule has 2 heteroatoms. The number of ketones is 1. The predicted molar refractivity (Wildman–Crippen MR) is 59.1 cm³/mol. The molecule has 0 saturated heterocycles. The Balaban J connectivity index is 2.21. The van der Waals surface area contributed by atoms with Crippen LogP contribution in [0.1, 0.15) is 31.2 Å². The molecule has 0 unspecified atom stereocenters. The smallest absolute Gasteiger partial charge is 0.169 e. The van der Waals surface area contributed by atoms with E-state index in [1.165, 1.54) is 0 Å². The molecule has 0 bridgehead atoms. The molecule has 0 aliphatic heterocycles. The van der Waals surface area contributed by atoms with Crippen LogP contribution in [-0.2, 0) is 11.8 Å². The van der Waals surface area contributed by atoms with Crippen LogP contribution in [0.15, 0.2) is 30.1 Å². The molecule has 0 N–H and O–H groups in total. The highest BCUT2D eigenvalue weighted by molar-refractivity contribution is 6.00. The van der Waals surface area contributed by atoms with Crippen LogP contribution in [0.25, 0.3) is 6.08 Å². The third-order valence-electron chi connectivity index (χ3n) is 2.80. The number of nitrogens with zero attached hydrogens (tertiary/aromatic N) is 1. The van der Waals surface area contributed by atoms with E-state index in [-0.39, 0.29) is 0 Å². The van der Waals surface area contributed by atoms with Gasteiger partial charge in [-0.15, -0.1) is 0 Å². The molecule has 1 aliphatic rings. The lowest BCUT2D eigenvalue weighted by atomic mass is 9.92. The van der Waals surface area contributed by atoms with Crippen molar-refractivity contribution < 1.29 is 9.36 Å². The van der Waals surface area contributed by atoms with Gasteiger partial charge in [-0.3, -0.25) is 4.79 Å². The molecule has 1 aromatic heterocycles. The Kier molecular flexibility index (Phi) is 2.95. The number of hydrogen-bond donors (Lipinski definition) is 0. The molecular formula is C13H16NO+. The highest BCUT2D eigenvalue weighted by Crippen LogP contribution is 2.21. The highest BCUT2D eigenvalue weighted by atomic mass is 16.1. The van der Waals surface area contributed by atoms with E-state index in [1.54, 1.807) is 0 Å². The molecule has 0 amide bonds. The topological polar surface area (TPSA) is 20.9 Å². The van der Waals surface area contributed by atoms with Crippen molar-refractivity contribution in [2.45, 2.75) is 25.7 Å². The maximum absolute atomic E-state index is 11.6. The maximum atomic E-state index is 11.6. The average Bonchev–Trinajstić information content (AvgIpc) is 2.25. The first-order valence-corrected chi connectivity index (χ1v) is 5.45. The van der Waals surface area contributed by atoms with Crippen LogP contribution in [0.2, 0.25) is 0 Å². The lowest BCUT2D eigenvalue weighted by Gasteiger charge is -2.11. The second-order valence-electron chi connectivity index (χ2n) is 4.10. The fourth-order valence-corrected chi connectivity index (χ4v) is 1.86. The van der Waals surface area contributed by atoms with Crippen molar-refractivity contribution >= 4 is 11.9 Å². The quantitative estimate of drug-likeness (QED) is 0.504. The summed E-state index contributed by atoms with van der Waals surface area (Å²) < 4.78 is 1.99. The van der Waals surface area contributed by atoms with Crippen molar-refractivity contribution in [3.8, 4) is 0 Å². The largest absolute Gasteiger partial charge is 0.295 e. The van der Waals surface area contributed by atoms with Crippen molar-refractivity contribution in [3.05, 3.63) is 35.7 Å². The van der Waals surface area contributed by atoms with Crippen LogP contribution in [0.3, 0.4) is 0 Å². The summed E-state index contributed by atoms with van der Waals surface area (Å²) in [5.41, 5.74) is 2.12. The van der Waals surface area contributed by atoms with E-state index in [2.05, 4.69) is 0 Å². The van der Waals surface area contributed by atoms with E-state index in [0.717, 1.165) is 36.8 Å². The molecular weight excluding hydrogens is 186 g/mol. The van der Waals surface area contributed by atoms with Gasteiger partial charge in [0.25, 0.3) is 0 Å². The first-order chi connectivity index (χ1) is 7.25. The molecule has 1 heterocycles. The van der Waals surface area contributed by atoms with Crippen LogP contribution in [0, 0.1) is 0 Å². The summed E-state index contributed by atoms with van der Waals surface area (Å²) in [6.45, 7) is 0. The lowest BCUT2D eigenvalue weighted by Crippen LogP contribution is -2.25. The SMILES string of the molecule is C[n+]1ccc(C=C2CCCCC2=O)cc1. The molecule has 0 atom stereocenters. The normalized spacial score (nSPS) is 19.5. The average molecular weight is 202 g/mol. The van der Waals surface area contributed by atoms with Crippen molar-refractivity contribution in [2.75, 3.05) is 0 Å². The maximum Gasteiger partial charge on any atom is 0.169 e. The zero-order chi connectivity index (χ0) is 10.7. The third kappa shape index (κ3) is 2.52. The van der Waals surface area contributed by atoms with Crippen molar-refractivity contribution in [1.29, 1.82) is 0 Å². The highest BCUT2D eigenvalue weighted by Gasteiger charge is 2.14. The summed E-state index contributed by atoms with van der Waals surface area (Å²) in [6.07, 6.45) is 9.91. The lowest BCUT2D eigenvalue weighted by molar-refractivity contribution is -0.671. The number of aromatic nitrogens is 1. The first kappa shape index (κ1) is 10.1. The molecule has 0 radical (unpaired) electrons. The van der Waals surface area contributed by atoms with E-state index < -0.39 is 0 Å². The number of allylic oxidation sites excluding steroid dienone is 1. The Morgan fingerprint density at radius 3 is 2.53 bits per heavy atom. The monoisotopic (exact) mass is 202 g/mol. The molecule has 78 valence electrons. The Hall–Kier alpha value is -1.44. The Morgan fingerprint density at radius 1 is 1.20 bits per heavy atom. The second-order valence-corrected chi connectivity index (χ2v) is 4.10. The van der Waals surface area contributed by atoms with Crippen LogP contribution in [-0.4, -0.2) is 5.78 Å². The number of hydrogen-bond acceptors (Lipinski definition) is 1. The molecule has 1 saturated carbocycles. The number of Topliss-reactive ketones (excluding diaryl/α,β-unsaturated/α-hetero) is 1. The molecule has 2 rings (SSSR count). The van der Waals surface area contributed by atoms with Gasteiger partial charge in [-0.25, -0.2) is 4.57 Å². The predicted octanol–water partition coefficient (Wildman–Crippen LogP) is 2.04. The number of carbonyl (C=O) groups is 1. The second kappa shape index (κ2) is 4.39. The van der Waals surface area contributed by atoms with E-state index in [0.29, 0.717) is 5.78 Å². The van der Waals surface area contributed by atoms with Gasteiger partial charge < -0.3 is 0 Å². The fraction of sp³-hybridized carbons (Fsp3) is 0.385. The van der Waals surface area contributed by atoms with Crippen LogP contribution < -0.4 is 4.57 Å². The number of carbonyl (C=O) groups excluding carboxylic acids is 1. The van der Waals surface area contributed by atoms with E-state index >= 15 is 0 Å². The number of aryl methyl sites for hydroxylation is 1. The minimum atomic E-state index is 0.328. The van der Waals surface area contributed by atoms with Gasteiger partial charge in [0.1, 0.15) is 7.05 Å². The van der Waals surface area contributed by atoms with Gasteiger partial charge in [0.05, 0.1) is 0 Å². The summed E-state index contributed by atoms with van der Waals surface area (Å²) >= 11 is 0. The molecule has 0 aromatic carbocycles. The summed E-state index contributed by atoms with van der Waals surface area (Å²) in [5, 5.41) is 0. The van der Waals surface area contributed by atoms with Crippen LogP contribution in [0.5, 0.6) is 0 Å². The summed E-state index contributed by atoms with van der Waals surface area (Å²) in [5.74, 6) is 0.328. The molecule has 2 nitrogen and oxygen atoms in total. The molecule has 15 heavy (non-hydrogen) atoms. The van der Waals surface area contributed by atoms with Gasteiger partial charge in [0, 0.05) is 18.6 Å². The van der Waals surface area contributed by atoms with Gasteiger partial charge >= 0.3 is 0 Å². The molecule has 1 fully saturated rings. The van der Waals surface area contributed by atoms with Gasteiger partial charge in [-0.05, 0) is 36.5 Å². The van der Waals surface area contributed by atoms with Gasteiger partial charge in [0.2, 0.25) is 0 Å². The zero-order valence-corrected chi connectivity index (χ0v) is 9.07. The Labute approximate surface area is 90.2 Å². The van der Waals surface area contributed by atoms with Crippen LogP contribution >= 0.6 is 0 Å². The summed E-state index contributed by atoms with van der Waals surface area (Å²) in [4.78, 5) is 11.6. The standard InChI is InChI=1S/C13H16NO/c1-14-8-6-11(7-9-14)10-12-4-2-3-5-13(12)15/h6-10H,2-5H2,1H3/q+1. The minimum absolute atomic E-state index is 0.328. The number of rotatable bonds is 1. The molecule has 1 aliphatic carbocycles. The zero-order valence-electron chi connectivity index (χ0n) is 9.07. The van der Waals surface area contributed by atoms with E-state index in [1.807, 2.05) is 42.2 Å². The first-order valence-electron chi connectivity index (χ1n) is 5.45. The van der Waals surface area contributed by atoms with Crippen molar-refractivity contribution in [1.82, 2.24) is 0 Å².